The van der Waals surface area contributed by atoms with E-state index in [0.29, 0.717) is 14.9 Å². The van der Waals surface area contributed by atoms with Crippen LogP contribution in [0.4, 0.5) is 5.69 Å². The van der Waals surface area contributed by atoms with Crippen LogP contribution >= 0.6 is 22.6 Å². The van der Waals surface area contributed by atoms with Gasteiger partial charge in [0.05, 0.1) is 23.4 Å². The fourth-order valence-electron chi connectivity index (χ4n) is 1.98. The number of anilines is 1. The maximum Gasteiger partial charge on any atom is 0.259 e. The van der Waals surface area contributed by atoms with Crippen molar-refractivity contribution in [2.45, 2.75) is 6.92 Å². The minimum atomic E-state index is -0.256. The number of aryl methyl sites for hydroxylation is 1. The van der Waals surface area contributed by atoms with Crippen molar-refractivity contribution in [1.82, 2.24) is 5.43 Å². The molecule has 0 saturated carbocycles. The second-order valence-electron chi connectivity index (χ2n) is 5.07. The van der Waals surface area contributed by atoms with E-state index in [4.69, 9.17) is 4.74 Å². The van der Waals surface area contributed by atoms with Crippen LogP contribution in [-0.4, -0.2) is 30.9 Å². The molecule has 0 unspecified atom stereocenters. The zero-order valence-corrected chi connectivity index (χ0v) is 15.5. The molecule has 0 aliphatic carbocycles. The molecule has 24 heavy (non-hydrogen) atoms. The van der Waals surface area contributed by atoms with Crippen LogP contribution in [0.5, 0.6) is 11.5 Å². The summed E-state index contributed by atoms with van der Waals surface area (Å²) in [4.78, 5) is 11.8. The summed E-state index contributed by atoms with van der Waals surface area (Å²) in [5.74, 6) is 0.186. The third kappa shape index (κ3) is 5.12. The first-order valence-corrected chi connectivity index (χ1v) is 8.26. The normalized spacial score (nSPS) is 10.6. The van der Waals surface area contributed by atoms with Crippen LogP contribution in [0.25, 0.3) is 0 Å². The van der Waals surface area contributed by atoms with Gasteiger partial charge in [-0.1, -0.05) is 12.1 Å². The largest absolute Gasteiger partial charge is 0.504 e. The van der Waals surface area contributed by atoms with E-state index in [0.717, 1.165) is 11.3 Å². The van der Waals surface area contributed by atoms with Gasteiger partial charge in [-0.2, -0.15) is 5.10 Å². The Balaban J connectivity index is 1.89. The zero-order valence-electron chi connectivity index (χ0n) is 13.3. The molecule has 0 aliphatic heterocycles. The Labute approximate surface area is 154 Å². The Kier molecular flexibility index (Phi) is 6.42. The summed E-state index contributed by atoms with van der Waals surface area (Å²) >= 11 is 2.00. The molecular weight excluding hydrogens is 421 g/mol. The topological polar surface area (TPSA) is 83.0 Å². The van der Waals surface area contributed by atoms with E-state index in [1.165, 1.54) is 13.3 Å². The molecule has 2 aromatic rings. The van der Waals surface area contributed by atoms with Crippen LogP contribution in [0.15, 0.2) is 41.5 Å². The van der Waals surface area contributed by atoms with Crippen molar-refractivity contribution < 1.29 is 14.6 Å². The van der Waals surface area contributed by atoms with Gasteiger partial charge in [-0.25, -0.2) is 5.43 Å². The van der Waals surface area contributed by atoms with Crippen molar-refractivity contribution in [3.8, 4) is 11.5 Å². The molecule has 3 N–H and O–H groups in total. The van der Waals surface area contributed by atoms with Crippen LogP contribution < -0.4 is 15.5 Å². The van der Waals surface area contributed by atoms with Crippen molar-refractivity contribution >= 4 is 40.4 Å². The third-order valence-electron chi connectivity index (χ3n) is 3.14. The van der Waals surface area contributed by atoms with Gasteiger partial charge in [0.1, 0.15) is 0 Å². The molecule has 0 bridgehead atoms. The summed E-state index contributed by atoms with van der Waals surface area (Å²) in [6, 6.07) is 11.1. The van der Waals surface area contributed by atoms with Gasteiger partial charge in [-0.05, 0) is 64.9 Å². The highest BCUT2D eigenvalue weighted by molar-refractivity contribution is 14.1. The number of hydrazone groups is 1. The van der Waals surface area contributed by atoms with E-state index in [9.17, 15) is 9.90 Å². The highest BCUT2D eigenvalue weighted by Crippen LogP contribution is 2.31. The van der Waals surface area contributed by atoms with Crippen molar-refractivity contribution in [1.29, 1.82) is 0 Å². The van der Waals surface area contributed by atoms with Crippen LogP contribution in [-0.2, 0) is 4.79 Å². The second-order valence-corrected chi connectivity index (χ2v) is 6.23. The molecule has 2 rings (SSSR count). The third-order valence-corrected chi connectivity index (χ3v) is 3.97. The van der Waals surface area contributed by atoms with Gasteiger partial charge in [-0.3, -0.25) is 4.79 Å². The summed E-state index contributed by atoms with van der Waals surface area (Å²) in [5.41, 5.74) is 5.16. The van der Waals surface area contributed by atoms with Crippen LogP contribution in [0.2, 0.25) is 0 Å². The molecule has 0 heterocycles. The minimum Gasteiger partial charge on any atom is -0.504 e. The number of carbonyl (C=O) groups excluding carboxylic acids is 1. The van der Waals surface area contributed by atoms with E-state index in [1.807, 2.05) is 53.8 Å². The first-order valence-electron chi connectivity index (χ1n) is 7.18. The van der Waals surface area contributed by atoms with Crippen LogP contribution in [0.3, 0.4) is 0 Å². The highest BCUT2D eigenvalue weighted by atomic mass is 127. The Morgan fingerprint density at radius 3 is 2.88 bits per heavy atom. The monoisotopic (exact) mass is 439 g/mol. The van der Waals surface area contributed by atoms with Crippen molar-refractivity contribution in [2.24, 2.45) is 5.10 Å². The number of aromatic hydroxyl groups is 1. The first-order chi connectivity index (χ1) is 11.5. The fraction of sp³-hybridized carbons (Fsp3) is 0.176. The Morgan fingerprint density at radius 2 is 2.17 bits per heavy atom. The number of amides is 1. The number of benzene rings is 2. The highest BCUT2D eigenvalue weighted by Gasteiger charge is 2.07. The Bertz CT molecular complexity index is 763. The summed E-state index contributed by atoms with van der Waals surface area (Å²) < 4.78 is 5.72. The summed E-state index contributed by atoms with van der Waals surface area (Å²) in [5, 5.41) is 16.7. The van der Waals surface area contributed by atoms with Gasteiger partial charge in [0.2, 0.25) is 0 Å². The zero-order chi connectivity index (χ0) is 17.5. The summed E-state index contributed by atoms with van der Waals surface area (Å²) in [6.45, 7) is 2.11. The predicted molar refractivity (Wildman–Crippen MR) is 103 cm³/mol. The molecular formula is C17H18IN3O3. The van der Waals surface area contributed by atoms with Gasteiger partial charge in [0, 0.05) is 5.69 Å². The predicted octanol–water partition coefficient (Wildman–Crippen LogP) is 2.88. The number of rotatable bonds is 6. The van der Waals surface area contributed by atoms with E-state index in [1.54, 1.807) is 12.1 Å². The molecule has 0 aliphatic rings. The van der Waals surface area contributed by atoms with Gasteiger partial charge in [-0.15, -0.1) is 0 Å². The second kappa shape index (κ2) is 8.53. The van der Waals surface area contributed by atoms with E-state index in [-0.39, 0.29) is 18.2 Å². The van der Waals surface area contributed by atoms with E-state index < -0.39 is 0 Å². The maximum atomic E-state index is 11.8. The quantitative estimate of drug-likeness (QED) is 0.367. The molecule has 7 heteroatoms. The lowest BCUT2D eigenvalue weighted by molar-refractivity contribution is -0.119. The Morgan fingerprint density at radius 1 is 1.38 bits per heavy atom. The van der Waals surface area contributed by atoms with Crippen molar-refractivity contribution in [2.75, 3.05) is 19.0 Å². The summed E-state index contributed by atoms with van der Waals surface area (Å²) in [7, 11) is 1.48. The summed E-state index contributed by atoms with van der Waals surface area (Å²) in [6.07, 6.45) is 1.49. The molecule has 6 nitrogen and oxygen atoms in total. The van der Waals surface area contributed by atoms with Gasteiger partial charge < -0.3 is 15.2 Å². The number of hydrogen-bond acceptors (Lipinski definition) is 5. The first kappa shape index (κ1) is 18.1. The number of carbonyl (C=O) groups is 1. The lowest BCUT2D eigenvalue weighted by Crippen LogP contribution is -2.25. The number of hydrogen-bond donors (Lipinski definition) is 3. The van der Waals surface area contributed by atoms with Crippen molar-refractivity contribution in [3.05, 3.63) is 51.1 Å². The number of nitrogens with zero attached hydrogens (tertiary/aromatic N) is 1. The SMILES string of the molecule is COc1cc(C=NNC(=O)CNc2cccc(C)c2)cc(I)c1O. The maximum absolute atomic E-state index is 11.8. The van der Waals surface area contributed by atoms with Gasteiger partial charge in [0.15, 0.2) is 11.5 Å². The van der Waals surface area contributed by atoms with E-state index >= 15 is 0 Å². The fourth-order valence-corrected chi connectivity index (χ4v) is 2.61. The smallest absolute Gasteiger partial charge is 0.259 e. The number of ether oxygens (including phenoxy) is 1. The number of phenols is 1. The molecule has 0 saturated heterocycles. The van der Waals surface area contributed by atoms with Crippen molar-refractivity contribution in [3.63, 3.8) is 0 Å². The molecule has 0 spiro atoms. The lowest BCUT2D eigenvalue weighted by Gasteiger charge is -2.07. The minimum absolute atomic E-state index is 0.0849. The van der Waals surface area contributed by atoms with Crippen LogP contribution in [0.1, 0.15) is 11.1 Å². The average Bonchev–Trinajstić information content (AvgIpc) is 2.56. The molecule has 0 atom stereocenters. The molecule has 1 amide bonds. The van der Waals surface area contributed by atoms with Gasteiger partial charge >= 0.3 is 0 Å². The number of halogens is 1. The van der Waals surface area contributed by atoms with Gasteiger partial charge in [0.25, 0.3) is 5.91 Å². The molecule has 2 aromatic carbocycles. The number of methoxy groups -OCH3 is 1. The average molecular weight is 439 g/mol. The molecule has 126 valence electrons. The molecule has 0 aromatic heterocycles. The molecule has 0 radical (unpaired) electrons. The number of nitrogens with one attached hydrogen (secondary N) is 2. The molecule has 0 fully saturated rings. The Hall–Kier alpha value is -2.29. The standard InChI is InChI=1S/C17H18IN3O3/c1-11-4-3-5-13(6-11)19-10-16(22)21-20-9-12-7-14(18)17(23)15(8-12)24-2/h3-9,19,23H,10H2,1-2H3,(H,21,22). The van der Waals surface area contributed by atoms with Crippen LogP contribution in [0, 0.1) is 10.5 Å². The van der Waals surface area contributed by atoms with E-state index in [2.05, 4.69) is 15.8 Å². The number of phenolic OH excluding ortho intramolecular Hbond substituents is 1. The lowest BCUT2D eigenvalue weighted by atomic mass is 10.2.